The highest BCUT2D eigenvalue weighted by atomic mass is 127. The van der Waals surface area contributed by atoms with Gasteiger partial charge in [-0.25, -0.2) is 0 Å². The molecule has 0 aliphatic carbocycles. The second kappa shape index (κ2) is 17.0. The molecule has 1 aromatic heterocycles. The van der Waals surface area contributed by atoms with Crippen molar-refractivity contribution in [2.45, 2.75) is 56.8 Å². The third-order valence-corrected chi connectivity index (χ3v) is 11.9. The van der Waals surface area contributed by atoms with Crippen molar-refractivity contribution in [3.05, 3.63) is 98.7 Å². The Morgan fingerprint density at radius 2 is 1.98 bits per heavy atom. The van der Waals surface area contributed by atoms with Gasteiger partial charge in [-0.15, -0.1) is 0 Å². The van der Waals surface area contributed by atoms with Crippen LogP contribution in [0, 0.1) is 20.8 Å². The Balaban J connectivity index is 1.14. The van der Waals surface area contributed by atoms with E-state index < -0.39 is 0 Å². The lowest BCUT2D eigenvalue weighted by atomic mass is 9.92. The van der Waals surface area contributed by atoms with E-state index in [1.54, 1.807) is 12.0 Å². The van der Waals surface area contributed by atoms with E-state index in [1.165, 1.54) is 15.2 Å². The number of nitrogens with one attached hydrogen (secondary N) is 1. The Morgan fingerprint density at radius 3 is 2.77 bits per heavy atom. The Hall–Kier alpha value is -3.96. The van der Waals surface area contributed by atoms with Gasteiger partial charge in [0.1, 0.15) is 12.4 Å². The van der Waals surface area contributed by atoms with E-state index in [0.717, 1.165) is 77.3 Å². The van der Waals surface area contributed by atoms with Crippen molar-refractivity contribution in [2.24, 2.45) is 5.92 Å². The topological polar surface area (TPSA) is 107 Å². The van der Waals surface area contributed by atoms with Crippen molar-refractivity contribution in [3.8, 4) is 12.1 Å². The fourth-order valence-corrected chi connectivity index (χ4v) is 9.06. The van der Waals surface area contributed by atoms with Gasteiger partial charge in [-0.1, -0.05) is 54.6 Å². The lowest BCUT2D eigenvalue weighted by molar-refractivity contribution is -0.128. The van der Waals surface area contributed by atoms with Crippen LogP contribution in [0.3, 0.4) is 0 Å². The highest BCUT2D eigenvalue weighted by Crippen LogP contribution is 2.38. The maximum atomic E-state index is 12.7. The van der Waals surface area contributed by atoms with Crippen LogP contribution in [0.15, 0.2) is 73.3 Å². The number of hydrogen-bond donors (Lipinski definition) is 1. The van der Waals surface area contributed by atoms with Crippen LogP contribution in [0.4, 0.5) is 11.5 Å². The molecule has 53 heavy (non-hydrogen) atoms. The predicted octanol–water partition coefficient (Wildman–Crippen LogP) is 7.09. The number of carbonyl (C=O) groups is 1. The van der Waals surface area contributed by atoms with Crippen LogP contribution in [-0.4, -0.2) is 79.3 Å². The lowest BCUT2D eigenvalue weighted by Gasteiger charge is -2.42. The normalized spacial score (nSPS) is 20.6. The van der Waals surface area contributed by atoms with Gasteiger partial charge in [0.25, 0.3) is 0 Å². The number of rotatable bonds is 12. The van der Waals surface area contributed by atoms with E-state index in [4.69, 9.17) is 31.0 Å². The average Bonchev–Trinajstić information content (AvgIpc) is 3.63. The second-order valence-corrected chi connectivity index (χ2v) is 15.7. The number of anilines is 2. The van der Waals surface area contributed by atoms with Crippen LogP contribution in [0.1, 0.15) is 48.6 Å². The van der Waals surface area contributed by atoms with Gasteiger partial charge in [-0.05, 0) is 102 Å². The number of carbonyl (C=O) groups excluding carboxylic acids is 1. The summed E-state index contributed by atoms with van der Waals surface area (Å²) >= 11 is 9.12. The third-order valence-electron chi connectivity index (χ3n) is 10.9. The van der Waals surface area contributed by atoms with Crippen molar-refractivity contribution >= 4 is 62.4 Å². The molecule has 0 unspecified atom stereocenters. The number of piperazine rings is 1. The molecule has 3 aliphatic heterocycles. The highest BCUT2D eigenvalue weighted by molar-refractivity contribution is 14.1. The number of nitrogens with zero attached hydrogens (tertiary/aromatic N) is 6. The van der Waals surface area contributed by atoms with Gasteiger partial charge in [-0.3, -0.25) is 4.79 Å². The van der Waals surface area contributed by atoms with Gasteiger partial charge in [0.2, 0.25) is 5.91 Å². The maximum absolute atomic E-state index is 12.7. The second-order valence-electron chi connectivity index (χ2n) is 14.0. The summed E-state index contributed by atoms with van der Waals surface area (Å²) in [6.45, 7) is 7.96. The van der Waals surface area contributed by atoms with Gasteiger partial charge in [-0.2, -0.15) is 15.2 Å². The lowest BCUT2D eigenvalue weighted by Crippen LogP contribution is -2.55. The first kappa shape index (κ1) is 37.4. The van der Waals surface area contributed by atoms with Gasteiger partial charge >= 0.3 is 6.01 Å². The van der Waals surface area contributed by atoms with E-state index in [1.807, 2.05) is 12.1 Å². The standard InChI is InChI=1S/C41H45ClIN7O3/c1-3-38(51)50-22-21-49(24-31(50)15-18-44)40-32-17-20-48(36-12-6-8-28-7-5-11-33(42)39(28)36)25-34(32)46-41(47-40)53-26-35-27(16-19-45-35)13-14-37(52-2)29-9-4-10-30(43)23-29/h3-12,23,27,31,35,37,45H,1,13-17,19-22,24-26H2,2H3/t27-,31-,35+,37-/m0/s1. The number of halogens is 2. The Labute approximate surface area is 330 Å². The van der Waals surface area contributed by atoms with Crippen molar-refractivity contribution < 1.29 is 14.3 Å². The molecule has 2 saturated heterocycles. The summed E-state index contributed by atoms with van der Waals surface area (Å²) in [5, 5.41) is 16.2. The number of methoxy groups -OCH3 is 1. The number of hydrogen-bond acceptors (Lipinski definition) is 9. The van der Waals surface area contributed by atoms with E-state index >= 15 is 0 Å². The molecule has 7 rings (SSSR count). The van der Waals surface area contributed by atoms with Crippen molar-refractivity contribution in [3.63, 3.8) is 0 Å². The monoisotopic (exact) mass is 845 g/mol. The van der Waals surface area contributed by atoms with Crippen molar-refractivity contribution in [1.82, 2.24) is 20.2 Å². The van der Waals surface area contributed by atoms with Crippen LogP contribution in [0.25, 0.3) is 10.8 Å². The fraction of sp³-hybridized carbons (Fsp3) is 0.415. The molecular weight excluding hydrogens is 801 g/mol. The van der Waals surface area contributed by atoms with Crippen LogP contribution in [0.5, 0.6) is 6.01 Å². The molecule has 4 heterocycles. The number of nitriles is 1. The minimum Gasteiger partial charge on any atom is -0.462 e. The molecule has 3 aromatic carbocycles. The third kappa shape index (κ3) is 8.26. The SMILES string of the molecule is C=CC(=O)N1CCN(c2nc(OC[C@H]3NCC[C@@H]3CC[C@H](OC)c3cccc(I)c3)nc3c2CCN(c2cccc4cccc(Cl)c24)C3)C[C@@H]1CC#N. The summed E-state index contributed by atoms with van der Waals surface area (Å²) in [7, 11) is 1.79. The molecule has 2 fully saturated rings. The quantitative estimate of drug-likeness (QED) is 0.118. The molecule has 0 radical (unpaired) electrons. The fourth-order valence-electron chi connectivity index (χ4n) is 8.21. The molecule has 1 N–H and O–H groups in total. The summed E-state index contributed by atoms with van der Waals surface area (Å²) in [5.74, 6) is 1.10. The van der Waals surface area contributed by atoms with Gasteiger partial charge in [0.05, 0.1) is 41.9 Å². The Kier molecular flexibility index (Phi) is 12.0. The minimum atomic E-state index is -0.272. The van der Waals surface area contributed by atoms with Crippen molar-refractivity contribution in [2.75, 3.05) is 56.2 Å². The summed E-state index contributed by atoms with van der Waals surface area (Å²) in [6, 6.07) is 23.3. The predicted molar refractivity (Wildman–Crippen MR) is 217 cm³/mol. The largest absolute Gasteiger partial charge is 0.462 e. The molecule has 0 spiro atoms. The molecular formula is C41H45ClIN7O3. The first-order chi connectivity index (χ1) is 25.9. The number of benzene rings is 3. The number of amides is 1. The summed E-state index contributed by atoms with van der Waals surface area (Å²) in [4.78, 5) is 29.1. The Morgan fingerprint density at radius 1 is 1.15 bits per heavy atom. The average molecular weight is 846 g/mol. The highest BCUT2D eigenvalue weighted by Gasteiger charge is 2.34. The Bertz CT molecular complexity index is 2000. The molecule has 0 bridgehead atoms. The van der Waals surface area contributed by atoms with Crippen LogP contribution < -0.4 is 19.9 Å². The van der Waals surface area contributed by atoms with E-state index in [0.29, 0.717) is 44.7 Å². The zero-order valence-electron chi connectivity index (χ0n) is 30.0. The molecule has 10 nitrogen and oxygen atoms in total. The smallest absolute Gasteiger partial charge is 0.318 e. The number of ether oxygens (including phenoxy) is 2. The number of fused-ring (bicyclic) bond motifs is 2. The van der Waals surface area contributed by atoms with Crippen LogP contribution >= 0.6 is 34.2 Å². The van der Waals surface area contributed by atoms with Crippen LogP contribution in [0.2, 0.25) is 5.02 Å². The molecule has 12 heteroatoms. The summed E-state index contributed by atoms with van der Waals surface area (Å²) in [6.07, 6.45) is 5.34. The molecule has 3 aliphatic rings. The zero-order valence-corrected chi connectivity index (χ0v) is 32.9. The summed E-state index contributed by atoms with van der Waals surface area (Å²) in [5.41, 5.74) is 4.28. The number of aromatic nitrogens is 2. The molecule has 276 valence electrons. The molecule has 4 aromatic rings. The summed E-state index contributed by atoms with van der Waals surface area (Å²) < 4.78 is 13.6. The van der Waals surface area contributed by atoms with Gasteiger partial charge in [0, 0.05) is 59.5 Å². The van der Waals surface area contributed by atoms with E-state index in [2.05, 4.69) is 98.9 Å². The van der Waals surface area contributed by atoms with Crippen molar-refractivity contribution in [1.29, 1.82) is 5.26 Å². The first-order valence-electron chi connectivity index (χ1n) is 18.4. The molecule has 4 atom stereocenters. The maximum Gasteiger partial charge on any atom is 0.318 e. The molecule has 0 saturated carbocycles. The van der Waals surface area contributed by atoms with E-state index in [-0.39, 0.29) is 30.5 Å². The minimum absolute atomic E-state index is 0.0464. The first-order valence-corrected chi connectivity index (χ1v) is 19.8. The van der Waals surface area contributed by atoms with Gasteiger partial charge in [0.15, 0.2) is 0 Å². The van der Waals surface area contributed by atoms with Gasteiger partial charge < -0.3 is 29.5 Å². The molecule has 1 amide bonds. The van der Waals surface area contributed by atoms with Crippen LogP contribution in [-0.2, 0) is 22.5 Å². The van der Waals surface area contributed by atoms with E-state index in [9.17, 15) is 10.1 Å². The zero-order chi connectivity index (χ0) is 36.9.